The molecule has 0 unspecified atom stereocenters. The fourth-order valence-corrected chi connectivity index (χ4v) is 1.73. The molecule has 1 amide bonds. The lowest BCUT2D eigenvalue weighted by Gasteiger charge is -2.21. The van der Waals surface area contributed by atoms with Gasteiger partial charge in [-0.2, -0.15) is 0 Å². The number of nitrogens with zero attached hydrogens (tertiary/aromatic N) is 1. The minimum atomic E-state index is -0.515. The second-order valence-electron chi connectivity index (χ2n) is 5.57. The van der Waals surface area contributed by atoms with Crippen LogP contribution < -0.4 is 0 Å². The summed E-state index contributed by atoms with van der Waals surface area (Å²) in [5, 5.41) is 0. The van der Waals surface area contributed by atoms with Crippen LogP contribution in [0.2, 0.25) is 0 Å². The minimum absolute atomic E-state index is 0.0743. The van der Waals surface area contributed by atoms with Crippen molar-refractivity contribution in [3.63, 3.8) is 0 Å². The van der Waals surface area contributed by atoms with Crippen molar-refractivity contribution in [3.8, 4) is 0 Å². The lowest BCUT2D eigenvalue weighted by molar-refractivity contribution is -0.156. The molecule has 1 aromatic rings. The molecule has 0 saturated carbocycles. The summed E-state index contributed by atoms with van der Waals surface area (Å²) < 4.78 is 10.4. The highest BCUT2D eigenvalue weighted by molar-refractivity contribution is 5.81. The summed E-state index contributed by atoms with van der Waals surface area (Å²) in [4.78, 5) is 25.3. The Morgan fingerprint density at radius 1 is 1.30 bits per heavy atom. The van der Waals surface area contributed by atoms with Gasteiger partial charge in [0.2, 0.25) is 5.91 Å². The van der Waals surface area contributed by atoms with Crippen LogP contribution >= 0.6 is 0 Å². The third-order valence-corrected chi connectivity index (χ3v) is 2.62. The molecule has 0 saturated heterocycles. The minimum Gasteiger partial charge on any atom is -0.467 e. The molecule has 0 N–H and O–H groups in total. The topological polar surface area (TPSA) is 59.8 Å². The third-order valence-electron chi connectivity index (χ3n) is 2.62. The molecule has 0 aromatic carbocycles. The summed E-state index contributed by atoms with van der Waals surface area (Å²) in [6.45, 7) is 8.32. The molecule has 5 nitrogen and oxygen atoms in total. The molecule has 1 rings (SSSR count). The second kappa shape index (κ2) is 7.12. The van der Waals surface area contributed by atoms with Crippen LogP contribution in [0.25, 0.3) is 0 Å². The number of hydrogen-bond donors (Lipinski definition) is 0. The van der Waals surface area contributed by atoms with Crippen LogP contribution in [0.4, 0.5) is 0 Å². The van der Waals surface area contributed by atoms with Gasteiger partial charge in [-0.15, -0.1) is 0 Å². The van der Waals surface area contributed by atoms with Gasteiger partial charge in [-0.25, -0.2) is 0 Å². The normalized spacial score (nSPS) is 11.2. The highest BCUT2D eigenvalue weighted by atomic mass is 16.6. The molecule has 1 aromatic heterocycles. The summed E-state index contributed by atoms with van der Waals surface area (Å²) >= 11 is 0. The predicted molar refractivity (Wildman–Crippen MR) is 74.9 cm³/mol. The van der Waals surface area contributed by atoms with Crippen LogP contribution in [-0.4, -0.2) is 28.9 Å². The number of ether oxygens (including phenoxy) is 1. The molecular weight excluding hydrogens is 258 g/mol. The van der Waals surface area contributed by atoms with Gasteiger partial charge in [0.1, 0.15) is 11.4 Å². The number of carbonyl (C=O) groups excluding carboxylic acids is 2. The van der Waals surface area contributed by atoms with E-state index in [4.69, 9.17) is 9.15 Å². The van der Waals surface area contributed by atoms with Crippen LogP contribution in [0, 0.1) is 0 Å². The van der Waals surface area contributed by atoms with Crippen molar-refractivity contribution in [3.05, 3.63) is 24.2 Å². The third kappa shape index (κ3) is 5.91. The fraction of sp³-hybridized carbons (Fsp3) is 0.600. The molecule has 1 heterocycles. The van der Waals surface area contributed by atoms with Crippen LogP contribution in [0.5, 0.6) is 0 Å². The van der Waals surface area contributed by atoms with Gasteiger partial charge in [0.25, 0.3) is 0 Å². The maximum absolute atomic E-state index is 12.0. The molecule has 0 bridgehead atoms. The van der Waals surface area contributed by atoms with Gasteiger partial charge in [0.05, 0.1) is 19.2 Å². The molecule has 0 fully saturated rings. The largest absolute Gasteiger partial charge is 0.467 e. The van der Waals surface area contributed by atoms with Crippen LogP contribution in [0.1, 0.15) is 46.3 Å². The first-order valence-corrected chi connectivity index (χ1v) is 6.84. The number of hydrogen-bond acceptors (Lipinski definition) is 4. The predicted octanol–water partition coefficient (Wildman–Crippen LogP) is 2.75. The summed E-state index contributed by atoms with van der Waals surface area (Å²) in [6.07, 6.45) is 1.84. The summed E-state index contributed by atoms with van der Waals surface area (Å²) in [5.74, 6) is 0.312. The molecule has 0 radical (unpaired) electrons. The van der Waals surface area contributed by atoms with Crippen molar-refractivity contribution in [1.29, 1.82) is 0 Å². The van der Waals surface area contributed by atoms with E-state index in [0.717, 1.165) is 5.76 Å². The SMILES string of the molecule is CCN(Cc1ccco1)C(=O)CCC(=O)OC(C)(C)C. The average molecular weight is 281 g/mol. The van der Waals surface area contributed by atoms with Gasteiger partial charge in [0.15, 0.2) is 0 Å². The highest BCUT2D eigenvalue weighted by Crippen LogP contribution is 2.11. The van der Waals surface area contributed by atoms with Crippen molar-refractivity contribution in [2.24, 2.45) is 0 Å². The Bertz CT molecular complexity index is 431. The summed E-state index contributed by atoms with van der Waals surface area (Å²) in [5.41, 5.74) is -0.515. The molecule has 5 heteroatoms. The number of carbonyl (C=O) groups is 2. The van der Waals surface area contributed by atoms with Crippen molar-refractivity contribution < 1.29 is 18.7 Å². The van der Waals surface area contributed by atoms with E-state index in [9.17, 15) is 9.59 Å². The standard InChI is InChI=1S/C15H23NO4/c1-5-16(11-12-7-6-10-19-12)13(17)8-9-14(18)20-15(2,3)4/h6-7,10H,5,8-9,11H2,1-4H3. The van der Waals surface area contributed by atoms with E-state index in [1.165, 1.54) is 0 Å². The van der Waals surface area contributed by atoms with E-state index in [2.05, 4.69) is 0 Å². The van der Waals surface area contributed by atoms with Crippen molar-refractivity contribution in [1.82, 2.24) is 4.90 Å². The maximum atomic E-state index is 12.0. The van der Waals surface area contributed by atoms with E-state index in [1.54, 1.807) is 17.2 Å². The van der Waals surface area contributed by atoms with Gasteiger partial charge < -0.3 is 14.1 Å². The second-order valence-corrected chi connectivity index (χ2v) is 5.57. The van der Waals surface area contributed by atoms with E-state index in [0.29, 0.717) is 13.1 Å². The number of rotatable bonds is 6. The van der Waals surface area contributed by atoms with Gasteiger partial charge in [0, 0.05) is 13.0 Å². The molecular formula is C15H23NO4. The monoisotopic (exact) mass is 281 g/mol. The van der Waals surface area contributed by atoms with Gasteiger partial charge >= 0.3 is 5.97 Å². The van der Waals surface area contributed by atoms with Crippen molar-refractivity contribution in [2.75, 3.05) is 6.54 Å². The molecule has 0 aliphatic heterocycles. The molecule has 0 atom stereocenters. The fourth-order valence-electron chi connectivity index (χ4n) is 1.73. The van der Waals surface area contributed by atoms with Crippen molar-refractivity contribution >= 4 is 11.9 Å². The van der Waals surface area contributed by atoms with Crippen LogP contribution in [0.15, 0.2) is 22.8 Å². The Morgan fingerprint density at radius 3 is 2.50 bits per heavy atom. The van der Waals surface area contributed by atoms with E-state index in [1.807, 2.05) is 33.8 Å². The smallest absolute Gasteiger partial charge is 0.306 e. The first-order chi connectivity index (χ1) is 9.31. The Morgan fingerprint density at radius 2 is 2.00 bits per heavy atom. The Kier molecular flexibility index (Phi) is 5.80. The molecule has 20 heavy (non-hydrogen) atoms. The van der Waals surface area contributed by atoms with E-state index >= 15 is 0 Å². The molecule has 112 valence electrons. The average Bonchev–Trinajstić information content (AvgIpc) is 2.83. The Balaban J connectivity index is 2.42. The molecule has 0 aliphatic carbocycles. The highest BCUT2D eigenvalue weighted by Gasteiger charge is 2.19. The Hall–Kier alpha value is -1.78. The van der Waals surface area contributed by atoms with Gasteiger partial charge in [-0.1, -0.05) is 0 Å². The van der Waals surface area contributed by atoms with E-state index < -0.39 is 5.60 Å². The molecule has 0 aliphatic rings. The van der Waals surface area contributed by atoms with Crippen LogP contribution in [0.3, 0.4) is 0 Å². The Labute approximate surface area is 119 Å². The summed E-state index contributed by atoms with van der Waals surface area (Å²) in [6, 6.07) is 3.61. The zero-order chi connectivity index (χ0) is 15.2. The van der Waals surface area contributed by atoms with Crippen LogP contribution in [-0.2, 0) is 20.9 Å². The maximum Gasteiger partial charge on any atom is 0.306 e. The quantitative estimate of drug-likeness (QED) is 0.752. The number of furan rings is 1. The first-order valence-electron chi connectivity index (χ1n) is 6.84. The van der Waals surface area contributed by atoms with Crippen molar-refractivity contribution in [2.45, 2.75) is 52.7 Å². The zero-order valence-corrected chi connectivity index (χ0v) is 12.6. The molecule has 0 spiro atoms. The van der Waals surface area contributed by atoms with E-state index in [-0.39, 0.29) is 24.7 Å². The zero-order valence-electron chi connectivity index (χ0n) is 12.6. The number of amides is 1. The lowest BCUT2D eigenvalue weighted by Crippen LogP contribution is -2.31. The summed E-state index contributed by atoms with van der Waals surface area (Å²) in [7, 11) is 0. The van der Waals surface area contributed by atoms with Gasteiger partial charge in [-0.05, 0) is 39.8 Å². The first kappa shape index (κ1) is 16.3. The number of esters is 1. The lowest BCUT2D eigenvalue weighted by atomic mass is 10.2. The van der Waals surface area contributed by atoms with Gasteiger partial charge in [-0.3, -0.25) is 9.59 Å².